The van der Waals surface area contributed by atoms with Gasteiger partial charge in [-0.25, -0.2) is 9.59 Å². The third kappa shape index (κ3) is 3.94. The van der Waals surface area contributed by atoms with E-state index in [0.29, 0.717) is 5.56 Å². The van der Waals surface area contributed by atoms with Gasteiger partial charge >= 0.3 is 18.0 Å². The number of ether oxygens (including phenoxy) is 1. The number of hydrogen-bond donors (Lipinski definition) is 2. The number of carboxylic acid groups (broad SMARTS) is 1. The zero-order valence-electron chi connectivity index (χ0n) is 9.04. The summed E-state index contributed by atoms with van der Waals surface area (Å²) in [6.45, 7) is 1.05. The van der Waals surface area contributed by atoms with Crippen LogP contribution in [0.1, 0.15) is 18.5 Å². The number of aliphatic carboxylic acids is 1. The van der Waals surface area contributed by atoms with E-state index in [1.165, 1.54) is 0 Å². The molecule has 0 fully saturated rings. The zero-order chi connectivity index (χ0) is 12.8. The third-order valence-corrected chi connectivity index (χ3v) is 1.88. The van der Waals surface area contributed by atoms with Crippen molar-refractivity contribution in [3.8, 4) is 0 Å². The van der Waals surface area contributed by atoms with Crippen LogP contribution in [0.5, 0.6) is 0 Å². The molecule has 0 aliphatic rings. The molecule has 1 aromatic carbocycles. The Morgan fingerprint density at radius 3 is 2.29 bits per heavy atom. The van der Waals surface area contributed by atoms with E-state index >= 15 is 0 Å². The maximum absolute atomic E-state index is 11.1. The molecule has 0 spiro atoms. The number of carbonyl (C=O) groups excluding carboxylic acids is 2. The molecular weight excluding hydrogens is 226 g/mol. The number of carbonyl (C=O) groups is 3. The van der Waals surface area contributed by atoms with Gasteiger partial charge in [0.2, 0.25) is 0 Å². The van der Waals surface area contributed by atoms with Gasteiger partial charge in [-0.1, -0.05) is 30.3 Å². The van der Waals surface area contributed by atoms with E-state index in [0.717, 1.165) is 6.92 Å². The molecule has 1 rings (SSSR count). The van der Waals surface area contributed by atoms with E-state index in [4.69, 9.17) is 5.11 Å². The molecule has 0 heterocycles. The lowest BCUT2D eigenvalue weighted by molar-refractivity contribution is -0.141. The fourth-order valence-corrected chi connectivity index (χ4v) is 1.21. The molecule has 6 nitrogen and oxygen atoms in total. The number of hydrogen-bond acceptors (Lipinski definition) is 4. The minimum absolute atomic E-state index is 0.389. The Morgan fingerprint density at radius 2 is 1.82 bits per heavy atom. The molecule has 0 saturated heterocycles. The number of esters is 1. The van der Waals surface area contributed by atoms with Gasteiger partial charge in [-0.15, -0.1) is 0 Å². The average Bonchev–Trinajstić information content (AvgIpc) is 2.25. The second kappa shape index (κ2) is 5.64. The largest absolute Gasteiger partial charge is 0.479 e. The highest BCUT2D eigenvalue weighted by molar-refractivity contribution is 5.86. The summed E-state index contributed by atoms with van der Waals surface area (Å²) in [6, 6.07) is 6.85. The summed E-state index contributed by atoms with van der Waals surface area (Å²) in [5, 5.41) is 11.0. The van der Waals surface area contributed by atoms with Crippen LogP contribution in [-0.4, -0.2) is 23.1 Å². The first kappa shape index (κ1) is 12.7. The van der Waals surface area contributed by atoms with E-state index in [1.54, 1.807) is 30.3 Å². The summed E-state index contributed by atoms with van der Waals surface area (Å²) in [5.41, 5.74) is 0.389. The van der Waals surface area contributed by atoms with Gasteiger partial charge in [0.15, 0.2) is 6.04 Å². The lowest BCUT2D eigenvalue weighted by atomic mass is 10.1. The van der Waals surface area contributed by atoms with Crippen molar-refractivity contribution in [2.24, 2.45) is 0 Å². The SMILES string of the molecule is CC(=O)OC(=O)NC(C(=O)O)c1ccccc1. The van der Waals surface area contributed by atoms with Gasteiger partial charge < -0.3 is 15.2 Å². The Labute approximate surface area is 97.2 Å². The number of benzene rings is 1. The predicted molar refractivity (Wildman–Crippen MR) is 57.1 cm³/mol. The van der Waals surface area contributed by atoms with Crippen molar-refractivity contribution >= 4 is 18.0 Å². The van der Waals surface area contributed by atoms with Crippen LogP contribution in [0, 0.1) is 0 Å². The molecule has 0 bridgehead atoms. The Balaban J connectivity index is 2.78. The smallest absolute Gasteiger partial charge is 0.415 e. The van der Waals surface area contributed by atoms with E-state index in [-0.39, 0.29) is 0 Å². The number of rotatable bonds is 3. The second-order valence-electron chi connectivity index (χ2n) is 3.21. The summed E-state index contributed by atoms with van der Waals surface area (Å²) in [4.78, 5) is 32.6. The molecule has 0 saturated carbocycles. The quantitative estimate of drug-likeness (QED) is 0.606. The lowest BCUT2D eigenvalue weighted by Crippen LogP contribution is -2.34. The van der Waals surface area contributed by atoms with Gasteiger partial charge in [0.1, 0.15) is 0 Å². The topological polar surface area (TPSA) is 92.7 Å². The van der Waals surface area contributed by atoms with Gasteiger partial charge in [0.25, 0.3) is 0 Å². The number of nitrogens with one attached hydrogen (secondary N) is 1. The fourth-order valence-electron chi connectivity index (χ4n) is 1.21. The van der Waals surface area contributed by atoms with Crippen molar-refractivity contribution in [2.75, 3.05) is 0 Å². The molecule has 17 heavy (non-hydrogen) atoms. The summed E-state index contributed by atoms with van der Waals surface area (Å²) >= 11 is 0. The molecule has 1 amide bonds. The predicted octanol–water partition coefficient (Wildman–Crippen LogP) is 1.08. The van der Waals surface area contributed by atoms with E-state index in [2.05, 4.69) is 10.1 Å². The molecule has 1 aromatic rings. The van der Waals surface area contributed by atoms with Crippen LogP contribution in [0.2, 0.25) is 0 Å². The molecule has 1 unspecified atom stereocenters. The van der Waals surface area contributed by atoms with Gasteiger partial charge in [-0.2, -0.15) is 0 Å². The van der Waals surface area contributed by atoms with Crippen LogP contribution < -0.4 is 5.32 Å². The third-order valence-electron chi connectivity index (χ3n) is 1.88. The monoisotopic (exact) mass is 237 g/mol. The Hall–Kier alpha value is -2.37. The highest BCUT2D eigenvalue weighted by Crippen LogP contribution is 2.12. The van der Waals surface area contributed by atoms with E-state index in [9.17, 15) is 14.4 Å². The lowest BCUT2D eigenvalue weighted by Gasteiger charge is -2.13. The zero-order valence-corrected chi connectivity index (χ0v) is 9.04. The van der Waals surface area contributed by atoms with Crippen LogP contribution in [0.15, 0.2) is 30.3 Å². The molecule has 0 aromatic heterocycles. The summed E-state index contributed by atoms with van der Waals surface area (Å²) < 4.78 is 4.20. The average molecular weight is 237 g/mol. The first-order chi connectivity index (χ1) is 8.00. The Bertz CT molecular complexity index is 429. The Kier molecular flexibility index (Phi) is 4.21. The van der Waals surface area contributed by atoms with Crippen molar-refractivity contribution in [1.82, 2.24) is 5.32 Å². The molecule has 1 atom stereocenters. The van der Waals surface area contributed by atoms with Crippen LogP contribution in [-0.2, 0) is 14.3 Å². The van der Waals surface area contributed by atoms with Crippen molar-refractivity contribution in [1.29, 1.82) is 0 Å². The van der Waals surface area contributed by atoms with Crippen molar-refractivity contribution in [3.63, 3.8) is 0 Å². The molecule has 90 valence electrons. The van der Waals surface area contributed by atoms with Crippen molar-refractivity contribution in [2.45, 2.75) is 13.0 Å². The van der Waals surface area contributed by atoms with Crippen LogP contribution in [0.25, 0.3) is 0 Å². The molecular formula is C11H11NO5. The van der Waals surface area contributed by atoms with Gasteiger partial charge in [0, 0.05) is 6.92 Å². The molecule has 2 N–H and O–H groups in total. The van der Waals surface area contributed by atoms with Crippen LogP contribution in [0.3, 0.4) is 0 Å². The highest BCUT2D eigenvalue weighted by atomic mass is 16.6. The standard InChI is InChI=1S/C11H11NO5/c1-7(13)17-11(16)12-9(10(14)15)8-5-3-2-4-6-8/h2-6,9H,1H3,(H,12,16)(H,14,15). The van der Waals surface area contributed by atoms with Gasteiger partial charge in [0.05, 0.1) is 0 Å². The first-order valence-electron chi connectivity index (χ1n) is 4.77. The number of carboxylic acids is 1. The minimum atomic E-state index is -1.25. The van der Waals surface area contributed by atoms with Gasteiger partial charge in [-0.05, 0) is 5.56 Å². The maximum Gasteiger partial charge on any atom is 0.415 e. The highest BCUT2D eigenvalue weighted by Gasteiger charge is 2.22. The van der Waals surface area contributed by atoms with Crippen LogP contribution in [0.4, 0.5) is 4.79 Å². The number of amides is 1. The maximum atomic E-state index is 11.1. The summed E-state index contributed by atoms with van der Waals surface area (Å²) in [6.07, 6.45) is -1.09. The molecule has 0 aliphatic heterocycles. The molecule has 6 heteroatoms. The van der Waals surface area contributed by atoms with Gasteiger partial charge in [-0.3, -0.25) is 4.79 Å². The van der Waals surface area contributed by atoms with E-state index < -0.39 is 24.1 Å². The normalized spacial score (nSPS) is 11.4. The molecule has 0 aliphatic carbocycles. The van der Waals surface area contributed by atoms with E-state index in [1.807, 2.05) is 0 Å². The minimum Gasteiger partial charge on any atom is -0.479 e. The molecule has 0 radical (unpaired) electrons. The Morgan fingerprint density at radius 1 is 1.24 bits per heavy atom. The fraction of sp³-hybridized carbons (Fsp3) is 0.182. The number of alkyl carbamates (subject to hydrolysis) is 1. The summed E-state index contributed by atoms with van der Waals surface area (Å²) in [5.74, 6) is -2.04. The second-order valence-corrected chi connectivity index (χ2v) is 3.21. The summed E-state index contributed by atoms with van der Waals surface area (Å²) in [7, 11) is 0. The first-order valence-corrected chi connectivity index (χ1v) is 4.77. The van der Waals surface area contributed by atoms with Crippen molar-refractivity contribution < 1.29 is 24.2 Å². The van der Waals surface area contributed by atoms with Crippen molar-refractivity contribution in [3.05, 3.63) is 35.9 Å². The van der Waals surface area contributed by atoms with Crippen LogP contribution >= 0.6 is 0 Å².